The molecule has 2 aliphatic heterocycles. The first kappa shape index (κ1) is 18.5. The summed E-state index contributed by atoms with van der Waals surface area (Å²) >= 11 is 0. The molecular weight excluding hydrogens is 342 g/mol. The highest BCUT2D eigenvalue weighted by Crippen LogP contribution is 2.43. The molecule has 1 aliphatic carbocycles. The number of likely N-dealkylation sites (tertiary alicyclic amines) is 1. The van der Waals surface area contributed by atoms with Gasteiger partial charge in [0.05, 0.1) is 17.7 Å². The van der Waals surface area contributed by atoms with Crippen molar-refractivity contribution in [2.45, 2.75) is 44.9 Å². The van der Waals surface area contributed by atoms with Crippen LogP contribution in [0.1, 0.15) is 43.4 Å². The average Bonchev–Trinajstić information content (AvgIpc) is 3.09. The third-order valence-corrected chi connectivity index (χ3v) is 6.40. The van der Waals surface area contributed by atoms with E-state index in [9.17, 15) is 9.90 Å². The second-order valence-electron chi connectivity index (χ2n) is 8.45. The number of hydrogen-bond acceptors (Lipinski definition) is 6. The molecule has 27 heavy (non-hydrogen) atoms. The lowest BCUT2D eigenvalue weighted by molar-refractivity contribution is -0.145. The van der Waals surface area contributed by atoms with Gasteiger partial charge in [0, 0.05) is 45.8 Å². The molecule has 1 amide bonds. The Balaban J connectivity index is 1.64. The number of nitrogens with zero attached hydrogens (tertiary/aromatic N) is 5. The van der Waals surface area contributed by atoms with Gasteiger partial charge in [0.2, 0.25) is 11.9 Å². The zero-order valence-electron chi connectivity index (χ0n) is 16.6. The van der Waals surface area contributed by atoms with Crippen molar-refractivity contribution in [3.8, 4) is 0 Å². The van der Waals surface area contributed by atoms with Gasteiger partial charge in [-0.2, -0.15) is 4.98 Å². The Morgan fingerprint density at radius 3 is 2.70 bits per heavy atom. The molecule has 0 bridgehead atoms. The molecule has 0 saturated carbocycles. The monoisotopic (exact) mass is 373 g/mol. The lowest BCUT2D eigenvalue weighted by Gasteiger charge is -2.39. The Morgan fingerprint density at radius 1 is 1.11 bits per heavy atom. The molecule has 1 atom stereocenters. The summed E-state index contributed by atoms with van der Waals surface area (Å²) in [5.41, 5.74) is 2.17. The number of amides is 1. The predicted molar refractivity (Wildman–Crippen MR) is 105 cm³/mol. The first-order chi connectivity index (χ1) is 13.0. The number of carbonyl (C=O) groups is 1. The van der Waals surface area contributed by atoms with Crippen LogP contribution in [0.15, 0.2) is 0 Å². The van der Waals surface area contributed by atoms with E-state index in [1.165, 1.54) is 24.1 Å². The van der Waals surface area contributed by atoms with Crippen LogP contribution < -0.4 is 9.80 Å². The average molecular weight is 374 g/mol. The van der Waals surface area contributed by atoms with E-state index in [1.54, 1.807) is 0 Å². The predicted octanol–water partition coefficient (Wildman–Crippen LogP) is 1.23. The summed E-state index contributed by atoms with van der Waals surface area (Å²) in [6.45, 7) is 2.87. The van der Waals surface area contributed by atoms with Crippen LogP contribution in [0.3, 0.4) is 0 Å². The van der Waals surface area contributed by atoms with Crippen LogP contribution in [0.4, 0.5) is 11.8 Å². The van der Waals surface area contributed by atoms with Gasteiger partial charge in [-0.25, -0.2) is 4.98 Å². The molecule has 1 aromatic rings. The van der Waals surface area contributed by atoms with Gasteiger partial charge in [-0.1, -0.05) is 0 Å². The van der Waals surface area contributed by atoms with Gasteiger partial charge in [0.25, 0.3) is 0 Å². The number of piperidine rings is 1. The van der Waals surface area contributed by atoms with Crippen LogP contribution in [0.25, 0.3) is 0 Å². The van der Waals surface area contributed by atoms with Gasteiger partial charge >= 0.3 is 0 Å². The van der Waals surface area contributed by atoms with Crippen LogP contribution in [0.2, 0.25) is 0 Å². The van der Waals surface area contributed by atoms with E-state index in [4.69, 9.17) is 9.97 Å². The van der Waals surface area contributed by atoms with E-state index in [1.807, 2.05) is 23.9 Å². The van der Waals surface area contributed by atoms with Crippen molar-refractivity contribution < 1.29 is 9.90 Å². The van der Waals surface area contributed by atoms with Crippen molar-refractivity contribution >= 4 is 17.7 Å². The summed E-state index contributed by atoms with van der Waals surface area (Å²) < 4.78 is 0. The van der Waals surface area contributed by atoms with Gasteiger partial charge in [0.1, 0.15) is 5.82 Å². The lowest BCUT2D eigenvalue weighted by Crippen LogP contribution is -2.50. The molecule has 2 fully saturated rings. The normalized spacial score (nSPS) is 25.2. The number of aryl methyl sites for hydroxylation is 1. The minimum Gasteiger partial charge on any atom is -0.395 e. The van der Waals surface area contributed by atoms with Gasteiger partial charge < -0.3 is 19.8 Å². The van der Waals surface area contributed by atoms with Crippen molar-refractivity contribution in [3.05, 3.63) is 11.3 Å². The maximum absolute atomic E-state index is 13.1. The fraction of sp³-hybridized carbons (Fsp3) is 0.750. The molecule has 0 radical (unpaired) electrons. The van der Waals surface area contributed by atoms with E-state index in [2.05, 4.69) is 4.90 Å². The van der Waals surface area contributed by atoms with E-state index in [0.717, 1.165) is 63.5 Å². The third-order valence-electron chi connectivity index (χ3n) is 6.40. The molecule has 1 aromatic heterocycles. The van der Waals surface area contributed by atoms with Gasteiger partial charge in [-0.05, 0) is 44.9 Å². The molecule has 2 saturated heterocycles. The molecule has 1 spiro atoms. The molecule has 0 unspecified atom stereocenters. The van der Waals surface area contributed by atoms with E-state index in [0.29, 0.717) is 6.54 Å². The first-order valence-corrected chi connectivity index (χ1v) is 10.3. The molecule has 0 aromatic carbocycles. The zero-order chi connectivity index (χ0) is 19.0. The fourth-order valence-electron chi connectivity index (χ4n) is 4.94. The molecule has 148 valence electrons. The molecule has 3 aliphatic rings. The minimum atomic E-state index is -0.307. The van der Waals surface area contributed by atoms with E-state index in [-0.39, 0.29) is 17.9 Å². The maximum atomic E-state index is 13.1. The number of β-amino-alcohol motifs (C(OH)–C–C–N with tert-alkyl or cyclic N) is 1. The van der Waals surface area contributed by atoms with Crippen molar-refractivity contribution in [3.63, 3.8) is 0 Å². The highest BCUT2D eigenvalue weighted by atomic mass is 16.3. The van der Waals surface area contributed by atoms with Gasteiger partial charge in [0.15, 0.2) is 0 Å². The first-order valence-electron chi connectivity index (χ1n) is 10.3. The Kier molecular flexibility index (Phi) is 4.97. The topological polar surface area (TPSA) is 72.8 Å². The number of rotatable bonds is 4. The maximum Gasteiger partial charge on any atom is 0.230 e. The number of aliphatic hydroxyl groups is 1. The fourth-order valence-corrected chi connectivity index (χ4v) is 4.94. The van der Waals surface area contributed by atoms with E-state index < -0.39 is 0 Å². The SMILES string of the molecule is CN(C)c1nc2c(c(N3CC[C@@]4(CCCN(CCO)C4=O)C3)n1)CCCC2. The molecule has 3 heterocycles. The minimum absolute atomic E-state index is 0.0388. The summed E-state index contributed by atoms with van der Waals surface area (Å²) in [7, 11) is 3.97. The Hall–Kier alpha value is -1.89. The van der Waals surface area contributed by atoms with Gasteiger partial charge in [-0.3, -0.25) is 4.79 Å². The Bertz CT molecular complexity index is 721. The van der Waals surface area contributed by atoms with Gasteiger partial charge in [-0.15, -0.1) is 0 Å². The second kappa shape index (κ2) is 7.26. The third kappa shape index (κ3) is 3.26. The highest BCUT2D eigenvalue weighted by molar-refractivity contribution is 5.85. The number of aliphatic hydroxyl groups excluding tert-OH is 1. The second-order valence-corrected chi connectivity index (χ2v) is 8.45. The number of aromatic nitrogens is 2. The molecule has 1 N–H and O–H groups in total. The summed E-state index contributed by atoms with van der Waals surface area (Å²) in [5.74, 6) is 2.04. The summed E-state index contributed by atoms with van der Waals surface area (Å²) in [5, 5.41) is 9.29. The van der Waals surface area contributed by atoms with Crippen LogP contribution >= 0.6 is 0 Å². The summed E-state index contributed by atoms with van der Waals surface area (Å²) in [4.78, 5) is 29.0. The standard InChI is InChI=1S/C20H31N5O2/c1-23(2)19-21-16-7-4-3-6-15(16)17(22-19)25-11-9-20(14-25)8-5-10-24(12-13-26)18(20)27/h26H,3-14H2,1-2H3/t20-/m0/s1. The van der Waals surface area contributed by atoms with Crippen LogP contribution in [-0.4, -0.2) is 72.8 Å². The molecule has 7 nitrogen and oxygen atoms in total. The number of hydrogen-bond donors (Lipinski definition) is 1. The van der Waals surface area contributed by atoms with E-state index >= 15 is 0 Å². The van der Waals surface area contributed by atoms with Crippen molar-refractivity contribution in [2.75, 3.05) is 56.7 Å². The van der Waals surface area contributed by atoms with Crippen molar-refractivity contribution in [2.24, 2.45) is 5.41 Å². The van der Waals surface area contributed by atoms with Crippen molar-refractivity contribution in [1.82, 2.24) is 14.9 Å². The number of fused-ring (bicyclic) bond motifs is 1. The molecule has 4 rings (SSSR count). The zero-order valence-corrected chi connectivity index (χ0v) is 16.6. The smallest absolute Gasteiger partial charge is 0.230 e. The Labute approximate surface area is 161 Å². The Morgan fingerprint density at radius 2 is 1.93 bits per heavy atom. The lowest BCUT2D eigenvalue weighted by atomic mass is 9.78. The quantitative estimate of drug-likeness (QED) is 0.856. The largest absolute Gasteiger partial charge is 0.395 e. The summed E-state index contributed by atoms with van der Waals surface area (Å²) in [6, 6.07) is 0. The van der Waals surface area contributed by atoms with Crippen LogP contribution in [-0.2, 0) is 17.6 Å². The van der Waals surface area contributed by atoms with Crippen molar-refractivity contribution in [1.29, 1.82) is 0 Å². The van der Waals surface area contributed by atoms with Crippen LogP contribution in [0.5, 0.6) is 0 Å². The molecule has 7 heteroatoms. The highest BCUT2D eigenvalue weighted by Gasteiger charge is 2.49. The van der Waals surface area contributed by atoms with Crippen LogP contribution in [0, 0.1) is 5.41 Å². The number of carbonyl (C=O) groups excluding carboxylic acids is 1. The number of anilines is 2. The summed E-state index contributed by atoms with van der Waals surface area (Å²) in [6.07, 6.45) is 7.27. The molecular formula is C20H31N5O2.